The van der Waals surface area contributed by atoms with Gasteiger partial charge in [-0.15, -0.1) is 0 Å². The van der Waals surface area contributed by atoms with E-state index in [1.165, 1.54) is 0 Å². The van der Waals surface area contributed by atoms with Gasteiger partial charge >= 0.3 is 0 Å². The minimum atomic E-state index is -0.497. The molecule has 0 aromatic carbocycles. The highest BCUT2D eigenvalue weighted by atomic mass is 16.3. The fourth-order valence-corrected chi connectivity index (χ4v) is 6.08. The Morgan fingerprint density at radius 3 is 2.75 bits per heavy atom. The van der Waals surface area contributed by atoms with E-state index >= 15 is 0 Å². The number of Topliss-reactive ketones (excluding diaryl/α,β-unsaturated/α-hetero) is 1. The first-order valence-corrected chi connectivity index (χ1v) is 9.11. The van der Waals surface area contributed by atoms with Gasteiger partial charge < -0.3 is 5.11 Å². The smallest absolute Gasteiger partial charge is 0.156 e. The van der Waals surface area contributed by atoms with Crippen molar-refractivity contribution in [2.45, 2.75) is 52.6 Å². The van der Waals surface area contributed by atoms with Crippen LogP contribution < -0.4 is 0 Å². The van der Waals surface area contributed by atoms with Crippen LogP contribution in [0.4, 0.5) is 0 Å². The number of ketones is 2. The number of aliphatic hydroxyl groups is 1. The predicted molar refractivity (Wildman–Crippen MR) is 92.2 cm³/mol. The van der Waals surface area contributed by atoms with Crippen LogP contribution in [0, 0.1) is 28.6 Å². The Kier molecular flexibility index (Phi) is 3.34. The van der Waals surface area contributed by atoms with E-state index in [4.69, 9.17) is 0 Å². The van der Waals surface area contributed by atoms with Gasteiger partial charge in [0.15, 0.2) is 11.6 Å². The molecule has 0 aromatic heterocycles. The number of carbonyl (C=O) groups excluding carboxylic acids is 2. The molecule has 4 aliphatic carbocycles. The van der Waals surface area contributed by atoms with Gasteiger partial charge in [-0.3, -0.25) is 9.59 Å². The zero-order valence-electron chi connectivity index (χ0n) is 14.7. The van der Waals surface area contributed by atoms with E-state index in [-0.39, 0.29) is 22.9 Å². The molecule has 4 rings (SSSR count). The van der Waals surface area contributed by atoms with Crippen LogP contribution in [0.1, 0.15) is 46.5 Å². The van der Waals surface area contributed by atoms with Gasteiger partial charge in [-0.2, -0.15) is 0 Å². The zero-order valence-corrected chi connectivity index (χ0v) is 14.7. The highest BCUT2D eigenvalue weighted by molar-refractivity contribution is 5.95. The molecule has 0 saturated heterocycles. The fraction of sp³-hybridized carbons (Fsp3) is 0.619. The monoisotopic (exact) mass is 326 g/mol. The van der Waals surface area contributed by atoms with Crippen molar-refractivity contribution in [3.05, 3.63) is 35.5 Å². The van der Waals surface area contributed by atoms with Gasteiger partial charge in [0.1, 0.15) is 0 Å². The van der Waals surface area contributed by atoms with Crippen LogP contribution in [0.2, 0.25) is 0 Å². The molecule has 0 heterocycles. The van der Waals surface area contributed by atoms with Crippen molar-refractivity contribution < 1.29 is 14.7 Å². The molecule has 128 valence electrons. The van der Waals surface area contributed by atoms with Crippen LogP contribution >= 0.6 is 0 Å². The Morgan fingerprint density at radius 2 is 2.04 bits per heavy atom. The maximum absolute atomic E-state index is 12.1. The van der Waals surface area contributed by atoms with Crippen molar-refractivity contribution in [2.24, 2.45) is 28.6 Å². The molecular formula is C21H26O3. The normalized spacial score (nSPS) is 46.6. The van der Waals surface area contributed by atoms with Crippen molar-refractivity contribution in [2.75, 3.05) is 0 Å². The maximum Gasteiger partial charge on any atom is 0.156 e. The Bertz CT molecular complexity index is 713. The minimum Gasteiger partial charge on any atom is -0.392 e. The summed E-state index contributed by atoms with van der Waals surface area (Å²) >= 11 is 0. The van der Waals surface area contributed by atoms with E-state index in [0.717, 1.165) is 24.0 Å². The third-order valence-electron chi connectivity index (χ3n) is 7.59. The summed E-state index contributed by atoms with van der Waals surface area (Å²) in [6.45, 7) is 5.95. The zero-order chi connectivity index (χ0) is 17.3. The van der Waals surface area contributed by atoms with Crippen molar-refractivity contribution in [1.29, 1.82) is 0 Å². The molecular weight excluding hydrogens is 300 g/mol. The second-order valence-electron chi connectivity index (χ2n) is 8.58. The molecule has 0 aromatic rings. The molecule has 1 fully saturated rings. The molecule has 4 aliphatic rings. The summed E-state index contributed by atoms with van der Waals surface area (Å²) in [5, 5.41) is 11.1. The van der Waals surface area contributed by atoms with E-state index in [1.54, 1.807) is 6.92 Å². The number of hydrogen-bond donors (Lipinski definition) is 1. The first-order chi connectivity index (χ1) is 11.3. The lowest BCUT2D eigenvalue weighted by molar-refractivity contribution is -0.122. The molecule has 0 aliphatic heterocycles. The standard InChI is InChI=1S/C21H26O3/c1-12(22)16-6-7-17-15-5-4-13-10-14(23)8-9-20(13,2)18(15)11-19(24)21(16,17)3/h4-6,10,15,17-19,24H,7-9,11H2,1-3H3/t15-,17+,18-,19+,20-,21+/m0/s1. The number of fused-ring (bicyclic) bond motifs is 5. The summed E-state index contributed by atoms with van der Waals surface area (Å²) in [5.41, 5.74) is 1.49. The number of aliphatic hydroxyl groups excluding tert-OH is 1. The quantitative estimate of drug-likeness (QED) is 0.803. The molecule has 3 heteroatoms. The average molecular weight is 326 g/mol. The summed E-state index contributed by atoms with van der Waals surface area (Å²) in [7, 11) is 0. The Balaban J connectivity index is 1.78. The average Bonchev–Trinajstić information content (AvgIpc) is 2.88. The van der Waals surface area contributed by atoms with Crippen molar-refractivity contribution in [3.8, 4) is 0 Å². The fourth-order valence-electron chi connectivity index (χ4n) is 6.08. The lowest BCUT2D eigenvalue weighted by Crippen LogP contribution is -2.54. The van der Waals surface area contributed by atoms with E-state index < -0.39 is 11.5 Å². The van der Waals surface area contributed by atoms with Gasteiger partial charge in [0, 0.05) is 11.8 Å². The highest BCUT2D eigenvalue weighted by Crippen LogP contribution is 2.63. The Hall–Kier alpha value is -1.48. The number of allylic oxidation sites excluding steroid dienone is 5. The number of rotatable bonds is 1. The first kappa shape index (κ1) is 16.0. The lowest BCUT2D eigenvalue weighted by atomic mass is 9.48. The molecule has 0 unspecified atom stereocenters. The lowest BCUT2D eigenvalue weighted by Gasteiger charge is -2.57. The largest absolute Gasteiger partial charge is 0.392 e. The molecule has 0 radical (unpaired) electrons. The van der Waals surface area contributed by atoms with Crippen LogP contribution in [-0.4, -0.2) is 22.8 Å². The Labute approximate surface area is 143 Å². The third-order valence-corrected chi connectivity index (χ3v) is 7.59. The van der Waals surface area contributed by atoms with Crippen LogP contribution in [0.15, 0.2) is 35.5 Å². The molecule has 6 atom stereocenters. The van der Waals surface area contributed by atoms with Gasteiger partial charge in [0.2, 0.25) is 0 Å². The molecule has 0 amide bonds. The van der Waals surface area contributed by atoms with Crippen LogP contribution in [0.25, 0.3) is 0 Å². The summed E-state index contributed by atoms with van der Waals surface area (Å²) in [4.78, 5) is 23.9. The van der Waals surface area contributed by atoms with Gasteiger partial charge in [-0.1, -0.05) is 32.1 Å². The SMILES string of the molecule is CC(=O)C1=CC[C@@H]2[C@@H]3C=CC4=CC(=O)CC[C@]4(C)[C@H]3C[C@@H](O)[C@]12C. The van der Waals surface area contributed by atoms with Crippen molar-refractivity contribution in [1.82, 2.24) is 0 Å². The molecule has 0 spiro atoms. The van der Waals surface area contributed by atoms with E-state index in [1.807, 2.05) is 6.08 Å². The van der Waals surface area contributed by atoms with Crippen molar-refractivity contribution in [3.63, 3.8) is 0 Å². The molecule has 0 bridgehead atoms. The molecule has 3 nitrogen and oxygen atoms in total. The molecule has 1 saturated carbocycles. The maximum atomic E-state index is 12.1. The third kappa shape index (κ3) is 1.88. The molecule has 1 N–H and O–H groups in total. The minimum absolute atomic E-state index is 0.0331. The van der Waals surface area contributed by atoms with Gasteiger partial charge in [0.05, 0.1) is 6.10 Å². The summed E-state index contributed by atoms with van der Waals surface area (Å²) < 4.78 is 0. The summed E-state index contributed by atoms with van der Waals surface area (Å²) in [5.74, 6) is 1.29. The topological polar surface area (TPSA) is 54.4 Å². The van der Waals surface area contributed by atoms with Gasteiger partial charge in [-0.05, 0) is 66.6 Å². The second kappa shape index (κ2) is 5.01. The van der Waals surface area contributed by atoms with Crippen LogP contribution in [-0.2, 0) is 9.59 Å². The summed E-state index contributed by atoms with van der Waals surface area (Å²) in [6, 6.07) is 0. The van der Waals surface area contributed by atoms with E-state index in [2.05, 4.69) is 32.1 Å². The Morgan fingerprint density at radius 1 is 1.29 bits per heavy atom. The van der Waals surface area contributed by atoms with E-state index in [0.29, 0.717) is 24.7 Å². The first-order valence-electron chi connectivity index (χ1n) is 9.11. The number of carbonyl (C=O) groups is 2. The predicted octanol–water partition coefficient (Wildman–Crippen LogP) is 3.39. The second-order valence-corrected chi connectivity index (χ2v) is 8.58. The van der Waals surface area contributed by atoms with E-state index in [9.17, 15) is 14.7 Å². The van der Waals surface area contributed by atoms with Crippen LogP contribution in [0.3, 0.4) is 0 Å². The molecule has 24 heavy (non-hydrogen) atoms. The van der Waals surface area contributed by atoms with Crippen molar-refractivity contribution >= 4 is 11.6 Å². The number of hydrogen-bond acceptors (Lipinski definition) is 3. The van der Waals surface area contributed by atoms with Crippen LogP contribution in [0.5, 0.6) is 0 Å². The summed E-state index contributed by atoms with van der Waals surface area (Å²) in [6.07, 6.45) is 10.8. The van der Waals surface area contributed by atoms with Gasteiger partial charge in [0.25, 0.3) is 0 Å². The highest BCUT2D eigenvalue weighted by Gasteiger charge is 2.60. The van der Waals surface area contributed by atoms with Gasteiger partial charge in [-0.25, -0.2) is 0 Å².